The van der Waals surface area contributed by atoms with E-state index in [2.05, 4.69) is 4.99 Å². The van der Waals surface area contributed by atoms with Crippen molar-refractivity contribution >= 4 is 6.21 Å². The van der Waals surface area contributed by atoms with Crippen molar-refractivity contribution in [3.63, 3.8) is 0 Å². The number of hydrogen-bond acceptors (Lipinski definition) is 1. The Morgan fingerprint density at radius 1 is 2.00 bits per heavy atom. The van der Waals surface area contributed by atoms with Crippen molar-refractivity contribution in [1.82, 2.24) is 0 Å². The average Bonchev–Trinajstić information content (AvgIpc) is 1.30. The van der Waals surface area contributed by atoms with Crippen molar-refractivity contribution in [3.05, 3.63) is 0 Å². The Morgan fingerprint density at radius 2 is 2.40 bits per heavy atom. The fourth-order valence-corrected chi connectivity index (χ4v) is 0.185. The van der Waals surface area contributed by atoms with E-state index in [1.165, 1.54) is 6.21 Å². The molecule has 0 aromatic carbocycles. The van der Waals surface area contributed by atoms with Crippen LogP contribution in [-0.4, -0.2) is 18.9 Å². The minimum absolute atomic E-state index is 0.389. The number of rotatable bonds is 0. The van der Waals surface area contributed by atoms with Crippen LogP contribution >= 0.6 is 0 Å². The number of alkyl halides is 1. The van der Waals surface area contributed by atoms with Gasteiger partial charge in [0.25, 0.3) is 0 Å². The molecule has 0 spiro atoms. The molecule has 0 saturated heterocycles. The molecule has 1 aliphatic rings. The lowest BCUT2D eigenvalue weighted by Gasteiger charge is -2.03. The SMILES string of the molecule is FC1C=NC1. The Balaban J connectivity index is 2.39. The van der Waals surface area contributed by atoms with Gasteiger partial charge in [0.2, 0.25) is 0 Å². The van der Waals surface area contributed by atoms with Crippen molar-refractivity contribution in [2.24, 2.45) is 4.99 Å². The summed E-state index contributed by atoms with van der Waals surface area (Å²) in [6, 6.07) is 0. The molecule has 0 N–H and O–H groups in total. The van der Waals surface area contributed by atoms with E-state index in [1.54, 1.807) is 0 Å². The standard InChI is InChI=1S/C3H4FN/c4-3-1-5-2-3/h1,3H,2H2. The lowest BCUT2D eigenvalue weighted by molar-refractivity contribution is 0.415. The van der Waals surface area contributed by atoms with Crippen molar-refractivity contribution in [2.75, 3.05) is 6.54 Å². The smallest absolute Gasteiger partial charge is 0.154 e. The first kappa shape index (κ1) is 2.82. The number of hydrogen-bond donors (Lipinski definition) is 0. The molecule has 5 heavy (non-hydrogen) atoms. The summed E-state index contributed by atoms with van der Waals surface area (Å²) in [6.07, 6.45) is 0.579. The van der Waals surface area contributed by atoms with Crippen LogP contribution in [0.3, 0.4) is 0 Å². The van der Waals surface area contributed by atoms with E-state index in [4.69, 9.17) is 0 Å². The predicted molar refractivity (Wildman–Crippen MR) is 18.3 cm³/mol. The normalized spacial score (nSPS) is 33.4. The first-order chi connectivity index (χ1) is 2.39. The van der Waals surface area contributed by atoms with Gasteiger partial charge in [-0.15, -0.1) is 0 Å². The summed E-state index contributed by atoms with van der Waals surface area (Å²) in [5.74, 6) is 0. The van der Waals surface area contributed by atoms with Crippen LogP contribution in [0.1, 0.15) is 0 Å². The van der Waals surface area contributed by atoms with Crippen LogP contribution in [0.25, 0.3) is 0 Å². The quantitative estimate of drug-likeness (QED) is 0.394. The Kier molecular flexibility index (Phi) is 0.437. The molecule has 0 aliphatic carbocycles. The molecular formula is C3H4FN. The van der Waals surface area contributed by atoms with E-state index in [-0.39, 0.29) is 0 Å². The third-order valence-corrected chi connectivity index (χ3v) is 0.547. The van der Waals surface area contributed by atoms with Crippen molar-refractivity contribution in [1.29, 1.82) is 0 Å². The summed E-state index contributed by atoms with van der Waals surface area (Å²) in [6.45, 7) is 0.389. The molecule has 0 bridgehead atoms. The minimum Gasteiger partial charge on any atom is -0.291 e. The maximum absolute atomic E-state index is 11.4. The van der Waals surface area contributed by atoms with Gasteiger partial charge in [-0.2, -0.15) is 0 Å². The Bertz CT molecular complexity index is 59.9. The van der Waals surface area contributed by atoms with E-state index in [0.717, 1.165) is 0 Å². The van der Waals surface area contributed by atoms with Crippen LogP contribution in [-0.2, 0) is 0 Å². The summed E-state index contributed by atoms with van der Waals surface area (Å²) in [5.41, 5.74) is 0. The largest absolute Gasteiger partial charge is 0.291 e. The van der Waals surface area contributed by atoms with Gasteiger partial charge in [-0.25, -0.2) is 4.39 Å². The molecule has 1 atom stereocenters. The monoisotopic (exact) mass is 73.0 g/mol. The van der Waals surface area contributed by atoms with Gasteiger partial charge < -0.3 is 0 Å². The van der Waals surface area contributed by atoms with Gasteiger partial charge >= 0.3 is 0 Å². The maximum Gasteiger partial charge on any atom is 0.154 e. The average molecular weight is 73.1 g/mol. The molecule has 1 nitrogen and oxygen atoms in total. The third-order valence-electron chi connectivity index (χ3n) is 0.547. The molecule has 28 valence electrons. The van der Waals surface area contributed by atoms with E-state index < -0.39 is 6.17 Å². The molecular weight excluding hydrogens is 69.0 g/mol. The molecule has 1 aliphatic heterocycles. The summed E-state index contributed by atoms with van der Waals surface area (Å²) < 4.78 is 11.4. The van der Waals surface area contributed by atoms with Crippen LogP contribution in [0.15, 0.2) is 4.99 Å². The summed E-state index contributed by atoms with van der Waals surface area (Å²) in [7, 11) is 0. The second kappa shape index (κ2) is 0.776. The Labute approximate surface area is 29.5 Å². The fraction of sp³-hybridized carbons (Fsp3) is 0.667. The van der Waals surface area contributed by atoms with Crippen LogP contribution in [0.2, 0.25) is 0 Å². The van der Waals surface area contributed by atoms with Gasteiger partial charge in [0.15, 0.2) is 6.17 Å². The van der Waals surface area contributed by atoms with Crippen LogP contribution in [0.4, 0.5) is 4.39 Å². The minimum atomic E-state index is -0.727. The predicted octanol–water partition coefficient (Wildman–Crippen LogP) is 0.409. The third kappa shape index (κ3) is 0.294. The zero-order chi connectivity index (χ0) is 3.70. The lowest BCUT2D eigenvalue weighted by atomic mass is 10.3. The highest BCUT2D eigenvalue weighted by atomic mass is 19.1. The summed E-state index contributed by atoms with van der Waals surface area (Å²) in [4.78, 5) is 3.50. The molecule has 2 heteroatoms. The van der Waals surface area contributed by atoms with Crippen LogP contribution in [0, 0.1) is 0 Å². The summed E-state index contributed by atoms with van der Waals surface area (Å²) in [5, 5.41) is 0. The van der Waals surface area contributed by atoms with Crippen molar-refractivity contribution < 1.29 is 4.39 Å². The molecule has 0 amide bonds. The first-order valence-corrected chi connectivity index (χ1v) is 1.53. The van der Waals surface area contributed by atoms with Gasteiger partial charge in [-0.1, -0.05) is 0 Å². The second-order valence-corrected chi connectivity index (χ2v) is 1.03. The van der Waals surface area contributed by atoms with Gasteiger partial charge in [0.05, 0.1) is 6.54 Å². The van der Waals surface area contributed by atoms with E-state index >= 15 is 0 Å². The molecule has 0 saturated carbocycles. The van der Waals surface area contributed by atoms with Gasteiger partial charge in [-0.3, -0.25) is 4.99 Å². The fourth-order valence-electron chi connectivity index (χ4n) is 0.185. The van der Waals surface area contributed by atoms with Gasteiger partial charge in [0, 0.05) is 6.21 Å². The van der Waals surface area contributed by atoms with Crippen LogP contribution in [0.5, 0.6) is 0 Å². The molecule has 1 heterocycles. The molecule has 1 rings (SSSR count). The molecule has 0 radical (unpaired) electrons. The molecule has 0 fully saturated rings. The highest BCUT2D eigenvalue weighted by Crippen LogP contribution is 1.94. The van der Waals surface area contributed by atoms with E-state index in [0.29, 0.717) is 6.54 Å². The molecule has 1 unspecified atom stereocenters. The van der Waals surface area contributed by atoms with E-state index in [9.17, 15) is 4.39 Å². The second-order valence-electron chi connectivity index (χ2n) is 1.03. The lowest BCUT2D eigenvalue weighted by Crippen LogP contribution is -2.15. The Morgan fingerprint density at radius 3 is 2.40 bits per heavy atom. The van der Waals surface area contributed by atoms with Crippen LogP contribution < -0.4 is 0 Å². The zero-order valence-corrected chi connectivity index (χ0v) is 2.69. The number of halogens is 1. The van der Waals surface area contributed by atoms with Crippen molar-refractivity contribution in [3.8, 4) is 0 Å². The maximum atomic E-state index is 11.4. The Hall–Kier alpha value is -0.400. The highest BCUT2D eigenvalue weighted by Gasteiger charge is 2.05. The highest BCUT2D eigenvalue weighted by molar-refractivity contribution is 5.68. The van der Waals surface area contributed by atoms with E-state index in [1.807, 2.05) is 0 Å². The summed E-state index contributed by atoms with van der Waals surface area (Å²) >= 11 is 0. The number of nitrogens with zero attached hydrogens (tertiary/aromatic N) is 1. The number of aliphatic imine (C=N–C) groups is 1. The van der Waals surface area contributed by atoms with Crippen molar-refractivity contribution in [2.45, 2.75) is 6.17 Å². The van der Waals surface area contributed by atoms with Gasteiger partial charge in [0.1, 0.15) is 0 Å². The first-order valence-electron chi connectivity index (χ1n) is 1.53. The molecule has 0 aromatic heterocycles. The topological polar surface area (TPSA) is 12.4 Å². The molecule has 0 aromatic rings. The zero-order valence-electron chi connectivity index (χ0n) is 2.69. The van der Waals surface area contributed by atoms with Gasteiger partial charge in [-0.05, 0) is 0 Å².